The van der Waals surface area contributed by atoms with E-state index in [1.54, 1.807) is 13.8 Å². The summed E-state index contributed by atoms with van der Waals surface area (Å²) in [6.07, 6.45) is 0. The fraction of sp³-hybridized carbons (Fsp3) is 0.333. The van der Waals surface area contributed by atoms with Gasteiger partial charge < -0.3 is 15.5 Å². The Kier molecular flexibility index (Phi) is 3.59. The highest BCUT2D eigenvalue weighted by atomic mass is 16.3. The molecule has 0 aliphatic rings. The van der Waals surface area contributed by atoms with E-state index in [-0.39, 0.29) is 23.6 Å². The minimum atomic E-state index is -0.644. The number of phenolic OH excluding ortho intramolecular Hbond substituents is 2. The van der Waals surface area contributed by atoms with Crippen molar-refractivity contribution in [3.63, 3.8) is 0 Å². The van der Waals surface area contributed by atoms with Crippen molar-refractivity contribution >= 4 is 5.91 Å². The molecule has 1 amide bonds. The molecule has 0 bridgehead atoms. The summed E-state index contributed by atoms with van der Waals surface area (Å²) in [7, 11) is 0. The van der Waals surface area contributed by atoms with Gasteiger partial charge in [-0.1, -0.05) is 0 Å². The SMILES string of the molecule is CC(C)(C#N)CNC(=O)c1ccc(O)c(O)c1. The molecule has 1 aromatic rings. The van der Waals surface area contributed by atoms with Crippen LogP contribution in [0.3, 0.4) is 0 Å². The van der Waals surface area contributed by atoms with Crippen molar-refractivity contribution in [2.45, 2.75) is 13.8 Å². The number of carbonyl (C=O) groups excluding carboxylic acids is 1. The summed E-state index contributed by atoms with van der Waals surface area (Å²) in [5.41, 5.74) is -0.414. The van der Waals surface area contributed by atoms with Gasteiger partial charge in [0.1, 0.15) is 0 Å². The van der Waals surface area contributed by atoms with E-state index >= 15 is 0 Å². The maximum absolute atomic E-state index is 11.7. The summed E-state index contributed by atoms with van der Waals surface area (Å²) < 4.78 is 0. The lowest BCUT2D eigenvalue weighted by Crippen LogP contribution is -2.33. The molecule has 0 spiro atoms. The number of aromatic hydroxyl groups is 2. The number of rotatable bonds is 3. The van der Waals surface area contributed by atoms with Gasteiger partial charge in [0.15, 0.2) is 11.5 Å². The van der Waals surface area contributed by atoms with E-state index in [0.717, 1.165) is 0 Å². The highest BCUT2D eigenvalue weighted by molar-refractivity contribution is 5.94. The van der Waals surface area contributed by atoms with Crippen molar-refractivity contribution in [1.82, 2.24) is 5.32 Å². The molecule has 0 unspecified atom stereocenters. The first-order chi connectivity index (χ1) is 7.85. The zero-order valence-electron chi connectivity index (χ0n) is 9.69. The smallest absolute Gasteiger partial charge is 0.251 e. The molecule has 1 aromatic carbocycles. The van der Waals surface area contributed by atoms with Crippen LogP contribution in [0.15, 0.2) is 18.2 Å². The highest BCUT2D eigenvalue weighted by Crippen LogP contribution is 2.24. The number of nitriles is 1. The van der Waals surface area contributed by atoms with E-state index in [9.17, 15) is 9.90 Å². The number of phenols is 2. The lowest BCUT2D eigenvalue weighted by atomic mass is 9.96. The molecule has 17 heavy (non-hydrogen) atoms. The second kappa shape index (κ2) is 4.74. The molecule has 0 saturated carbocycles. The predicted octanol–water partition coefficient (Wildman–Crippen LogP) is 1.38. The second-order valence-corrected chi connectivity index (χ2v) is 4.38. The number of nitrogens with one attached hydrogen (secondary N) is 1. The number of hydrogen-bond acceptors (Lipinski definition) is 4. The lowest BCUT2D eigenvalue weighted by molar-refractivity contribution is 0.0943. The maximum Gasteiger partial charge on any atom is 0.251 e. The van der Waals surface area contributed by atoms with Crippen LogP contribution in [0.1, 0.15) is 24.2 Å². The molecule has 0 aliphatic carbocycles. The molecule has 0 atom stereocenters. The molecule has 90 valence electrons. The molecule has 5 heteroatoms. The average molecular weight is 234 g/mol. The minimum Gasteiger partial charge on any atom is -0.504 e. The Hall–Kier alpha value is -2.22. The molecule has 1 rings (SSSR count). The van der Waals surface area contributed by atoms with E-state index in [0.29, 0.717) is 0 Å². The van der Waals surface area contributed by atoms with Crippen LogP contribution < -0.4 is 5.32 Å². The van der Waals surface area contributed by atoms with Crippen LogP contribution in [0.25, 0.3) is 0 Å². The Bertz CT molecular complexity index is 475. The second-order valence-electron chi connectivity index (χ2n) is 4.38. The van der Waals surface area contributed by atoms with Crippen LogP contribution >= 0.6 is 0 Å². The molecular weight excluding hydrogens is 220 g/mol. The number of hydrogen-bond donors (Lipinski definition) is 3. The van der Waals surface area contributed by atoms with E-state index in [4.69, 9.17) is 10.4 Å². The zero-order valence-corrected chi connectivity index (χ0v) is 9.69. The first-order valence-corrected chi connectivity index (χ1v) is 5.07. The fourth-order valence-corrected chi connectivity index (χ4v) is 1.11. The van der Waals surface area contributed by atoms with Crippen LogP contribution in [0, 0.1) is 16.7 Å². The van der Waals surface area contributed by atoms with Gasteiger partial charge in [0.05, 0.1) is 11.5 Å². The molecule has 3 N–H and O–H groups in total. The van der Waals surface area contributed by atoms with Gasteiger partial charge in [0.25, 0.3) is 5.91 Å². The Morgan fingerprint density at radius 1 is 1.41 bits per heavy atom. The first-order valence-electron chi connectivity index (χ1n) is 5.07. The van der Waals surface area contributed by atoms with Crippen molar-refractivity contribution in [2.24, 2.45) is 5.41 Å². The third-order valence-corrected chi connectivity index (χ3v) is 2.23. The van der Waals surface area contributed by atoms with Crippen LogP contribution in [0.5, 0.6) is 11.5 Å². The summed E-state index contributed by atoms with van der Waals surface area (Å²) in [5.74, 6) is -1.03. The molecule has 0 saturated heterocycles. The topological polar surface area (TPSA) is 93.4 Å². The quantitative estimate of drug-likeness (QED) is 0.689. The van der Waals surface area contributed by atoms with Crippen LogP contribution in [-0.4, -0.2) is 22.7 Å². The summed E-state index contributed by atoms with van der Waals surface area (Å²) in [6.45, 7) is 3.63. The molecule has 0 heterocycles. The van der Waals surface area contributed by atoms with Crippen LogP contribution in [0.4, 0.5) is 0 Å². The molecule has 0 radical (unpaired) electrons. The third kappa shape index (κ3) is 3.38. The van der Waals surface area contributed by atoms with Crippen molar-refractivity contribution < 1.29 is 15.0 Å². The normalized spacial score (nSPS) is 10.6. The number of amides is 1. The zero-order chi connectivity index (χ0) is 13.1. The van der Waals surface area contributed by atoms with E-state index in [1.165, 1.54) is 18.2 Å². The summed E-state index contributed by atoms with van der Waals surface area (Å²) in [5, 5.41) is 29.7. The van der Waals surface area contributed by atoms with Crippen molar-refractivity contribution in [1.29, 1.82) is 5.26 Å². The Balaban J connectivity index is 2.72. The van der Waals surface area contributed by atoms with Crippen LogP contribution in [-0.2, 0) is 0 Å². The molecule has 0 fully saturated rings. The van der Waals surface area contributed by atoms with Gasteiger partial charge >= 0.3 is 0 Å². The molecule has 0 aromatic heterocycles. The monoisotopic (exact) mass is 234 g/mol. The standard InChI is InChI=1S/C12H14N2O3/c1-12(2,6-13)7-14-11(17)8-3-4-9(15)10(16)5-8/h3-5,15-16H,7H2,1-2H3,(H,14,17). The van der Waals surface area contributed by atoms with Gasteiger partial charge in [0.2, 0.25) is 0 Å². The largest absolute Gasteiger partial charge is 0.504 e. The fourth-order valence-electron chi connectivity index (χ4n) is 1.11. The summed E-state index contributed by atoms with van der Waals surface area (Å²) in [6, 6.07) is 5.86. The number of benzene rings is 1. The minimum absolute atomic E-state index is 0.212. The number of nitrogens with zero attached hydrogens (tertiary/aromatic N) is 1. The molecule has 0 aliphatic heterocycles. The Morgan fingerprint density at radius 2 is 2.06 bits per heavy atom. The van der Waals surface area contributed by atoms with Crippen molar-refractivity contribution in [3.05, 3.63) is 23.8 Å². The van der Waals surface area contributed by atoms with Gasteiger partial charge in [-0.05, 0) is 32.0 Å². The van der Waals surface area contributed by atoms with Gasteiger partial charge in [0, 0.05) is 12.1 Å². The first kappa shape index (κ1) is 12.8. The molecular formula is C12H14N2O3. The Morgan fingerprint density at radius 3 is 2.59 bits per heavy atom. The van der Waals surface area contributed by atoms with Crippen LogP contribution in [0.2, 0.25) is 0 Å². The maximum atomic E-state index is 11.7. The third-order valence-electron chi connectivity index (χ3n) is 2.23. The summed E-state index contributed by atoms with van der Waals surface area (Å²) >= 11 is 0. The van der Waals surface area contributed by atoms with E-state index in [1.807, 2.05) is 0 Å². The lowest BCUT2D eigenvalue weighted by Gasteiger charge is -2.15. The van der Waals surface area contributed by atoms with E-state index in [2.05, 4.69) is 11.4 Å². The Labute approximate surface area is 99.3 Å². The van der Waals surface area contributed by atoms with E-state index < -0.39 is 11.3 Å². The van der Waals surface area contributed by atoms with Gasteiger partial charge in [-0.2, -0.15) is 5.26 Å². The summed E-state index contributed by atoms with van der Waals surface area (Å²) in [4.78, 5) is 11.7. The van der Waals surface area contributed by atoms with Crippen molar-refractivity contribution in [3.8, 4) is 17.6 Å². The van der Waals surface area contributed by atoms with Gasteiger partial charge in [-0.3, -0.25) is 4.79 Å². The highest BCUT2D eigenvalue weighted by Gasteiger charge is 2.18. The predicted molar refractivity (Wildman–Crippen MR) is 61.5 cm³/mol. The molecule has 5 nitrogen and oxygen atoms in total. The van der Waals surface area contributed by atoms with Gasteiger partial charge in [-0.15, -0.1) is 0 Å². The van der Waals surface area contributed by atoms with Crippen molar-refractivity contribution in [2.75, 3.05) is 6.54 Å². The number of carbonyl (C=O) groups is 1. The van der Waals surface area contributed by atoms with Gasteiger partial charge in [-0.25, -0.2) is 0 Å². The average Bonchev–Trinajstić information content (AvgIpc) is 2.30.